The van der Waals surface area contributed by atoms with E-state index in [1.807, 2.05) is 6.07 Å². The number of nitrogens with zero attached hydrogens (tertiary/aromatic N) is 1. The summed E-state index contributed by atoms with van der Waals surface area (Å²) in [7, 11) is 0. The van der Waals surface area contributed by atoms with Gasteiger partial charge in [-0.15, -0.1) is 11.3 Å². The first-order chi connectivity index (χ1) is 8.33. The summed E-state index contributed by atoms with van der Waals surface area (Å²) in [6.45, 7) is 2.09. The van der Waals surface area contributed by atoms with Gasteiger partial charge in [0, 0.05) is 5.56 Å². The Bertz CT molecular complexity index is 606. The fraction of sp³-hybridized carbons (Fsp3) is 0.0714. The van der Waals surface area contributed by atoms with E-state index in [-0.39, 0.29) is 0 Å². The van der Waals surface area contributed by atoms with Crippen molar-refractivity contribution in [1.82, 2.24) is 10.2 Å². The number of aromatic amines is 1. The van der Waals surface area contributed by atoms with Gasteiger partial charge in [-0.2, -0.15) is 5.10 Å². The van der Waals surface area contributed by atoms with Crippen LogP contribution >= 0.6 is 11.3 Å². The van der Waals surface area contributed by atoms with Gasteiger partial charge in [-0.1, -0.05) is 35.9 Å². The molecule has 0 saturated carbocycles. The molecule has 0 fully saturated rings. The molecule has 0 aliphatic heterocycles. The molecule has 0 spiro atoms. The quantitative estimate of drug-likeness (QED) is 0.717. The van der Waals surface area contributed by atoms with Gasteiger partial charge < -0.3 is 0 Å². The first-order valence-electron chi connectivity index (χ1n) is 5.49. The van der Waals surface area contributed by atoms with Crippen LogP contribution in [0.1, 0.15) is 5.56 Å². The van der Waals surface area contributed by atoms with Gasteiger partial charge in [-0.05, 0) is 24.4 Å². The van der Waals surface area contributed by atoms with E-state index in [0.717, 1.165) is 17.0 Å². The third-order valence-corrected chi connectivity index (χ3v) is 3.61. The maximum atomic E-state index is 4.35. The minimum atomic E-state index is 0.994. The van der Waals surface area contributed by atoms with Crippen molar-refractivity contribution in [2.45, 2.75) is 6.92 Å². The molecule has 2 heterocycles. The van der Waals surface area contributed by atoms with Crippen molar-refractivity contribution in [2.24, 2.45) is 0 Å². The lowest BCUT2D eigenvalue weighted by molar-refractivity contribution is 1.10. The average molecular weight is 240 g/mol. The summed E-state index contributed by atoms with van der Waals surface area (Å²) in [6, 6.07) is 14.6. The molecule has 0 aliphatic rings. The zero-order valence-electron chi connectivity index (χ0n) is 9.47. The summed E-state index contributed by atoms with van der Waals surface area (Å²) < 4.78 is 0. The lowest BCUT2D eigenvalue weighted by atomic mass is 10.1. The number of hydrogen-bond donors (Lipinski definition) is 1. The minimum absolute atomic E-state index is 0.994. The summed E-state index contributed by atoms with van der Waals surface area (Å²) in [6.07, 6.45) is 0. The van der Waals surface area contributed by atoms with Gasteiger partial charge in [0.2, 0.25) is 0 Å². The van der Waals surface area contributed by atoms with Crippen LogP contribution in [-0.2, 0) is 0 Å². The molecule has 3 heteroatoms. The number of aromatic nitrogens is 2. The molecule has 3 aromatic rings. The van der Waals surface area contributed by atoms with Crippen molar-refractivity contribution < 1.29 is 0 Å². The highest BCUT2D eigenvalue weighted by Crippen LogP contribution is 2.26. The molecule has 0 saturated heterocycles. The van der Waals surface area contributed by atoms with Crippen LogP contribution in [0.4, 0.5) is 0 Å². The van der Waals surface area contributed by atoms with Gasteiger partial charge in [-0.25, -0.2) is 0 Å². The summed E-state index contributed by atoms with van der Waals surface area (Å²) >= 11 is 1.72. The molecular formula is C14H12N2S. The molecule has 84 valence electrons. The van der Waals surface area contributed by atoms with Crippen molar-refractivity contribution in [2.75, 3.05) is 0 Å². The summed E-state index contributed by atoms with van der Waals surface area (Å²) in [4.78, 5) is 1.22. The highest BCUT2D eigenvalue weighted by atomic mass is 32.1. The molecule has 0 aliphatic carbocycles. The van der Waals surface area contributed by atoms with E-state index in [9.17, 15) is 0 Å². The van der Waals surface area contributed by atoms with Crippen LogP contribution in [0, 0.1) is 6.92 Å². The number of hydrogen-bond acceptors (Lipinski definition) is 2. The van der Waals surface area contributed by atoms with E-state index in [0.29, 0.717) is 0 Å². The van der Waals surface area contributed by atoms with E-state index in [4.69, 9.17) is 0 Å². The van der Waals surface area contributed by atoms with Gasteiger partial charge in [-0.3, -0.25) is 5.10 Å². The highest BCUT2D eigenvalue weighted by molar-refractivity contribution is 7.13. The van der Waals surface area contributed by atoms with E-state index in [1.54, 1.807) is 11.3 Å². The molecule has 1 aromatic carbocycles. The highest BCUT2D eigenvalue weighted by Gasteiger charge is 2.05. The predicted octanol–water partition coefficient (Wildman–Crippen LogP) is 4.11. The summed E-state index contributed by atoms with van der Waals surface area (Å²) in [5.41, 5.74) is 4.49. The molecular weight excluding hydrogens is 228 g/mol. The monoisotopic (exact) mass is 240 g/mol. The first kappa shape index (κ1) is 10.3. The first-order valence-corrected chi connectivity index (χ1v) is 6.37. The van der Waals surface area contributed by atoms with Gasteiger partial charge in [0.25, 0.3) is 0 Å². The molecule has 0 bridgehead atoms. The Kier molecular flexibility index (Phi) is 2.53. The van der Waals surface area contributed by atoms with Crippen LogP contribution < -0.4 is 0 Å². The lowest BCUT2D eigenvalue weighted by Crippen LogP contribution is -1.77. The van der Waals surface area contributed by atoms with Gasteiger partial charge >= 0.3 is 0 Å². The third-order valence-electron chi connectivity index (χ3n) is 2.71. The lowest BCUT2D eigenvalue weighted by Gasteiger charge is -1.96. The average Bonchev–Trinajstić information content (AvgIpc) is 3.00. The standard InChI is InChI=1S/C14H12N2S/c1-10-4-6-11(7-5-10)12-9-13(16-15-12)14-3-2-8-17-14/h2-9H,1H3,(H,15,16). The molecule has 3 rings (SSSR count). The van der Waals surface area contributed by atoms with Crippen LogP contribution in [0.25, 0.3) is 21.8 Å². The Morgan fingerprint density at radius 3 is 2.65 bits per heavy atom. The molecule has 2 aromatic heterocycles. The zero-order valence-corrected chi connectivity index (χ0v) is 10.3. The van der Waals surface area contributed by atoms with E-state index in [1.165, 1.54) is 10.4 Å². The van der Waals surface area contributed by atoms with Crippen molar-refractivity contribution in [1.29, 1.82) is 0 Å². The van der Waals surface area contributed by atoms with Crippen LogP contribution in [-0.4, -0.2) is 10.2 Å². The van der Waals surface area contributed by atoms with Crippen LogP contribution in [0.5, 0.6) is 0 Å². The molecule has 1 N–H and O–H groups in total. The van der Waals surface area contributed by atoms with Crippen molar-refractivity contribution in [3.05, 3.63) is 53.4 Å². The second-order valence-corrected chi connectivity index (χ2v) is 4.96. The van der Waals surface area contributed by atoms with E-state index >= 15 is 0 Å². The number of benzene rings is 1. The van der Waals surface area contributed by atoms with Gasteiger partial charge in [0.1, 0.15) is 0 Å². The number of rotatable bonds is 2. The topological polar surface area (TPSA) is 28.7 Å². The van der Waals surface area contributed by atoms with Gasteiger partial charge in [0.15, 0.2) is 0 Å². The third kappa shape index (κ3) is 2.01. The zero-order chi connectivity index (χ0) is 11.7. The molecule has 0 unspecified atom stereocenters. The van der Waals surface area contributed by atoms with Crippen molar-refractivity contribution >= 4 is 11.3 Å². The summed E-state index contributed by atoms with van der Waals surface area (Å²) in [5.74, 6) is 0. The predicted molar refractivity (Wildman–Crippen MR) is 72.1 cm³/mol. The fourth-order valence-corrected chi connectivity index (χ4v) is 2.44. The maximum absolute atomic E-state index is 4.35. The number of thiophene rings is 1. The SMILES string of the molecule is Cc1ccc(-c2cc(-c3cccs3)[nH]n2)cc1. The Morgan fingerprint density at radius 1 is 1.12 bits per heavy atom. The molecule has 2 nitrogen and oxygen atoms in total. The Hall–Kier alpha value is -1.87. The summed E-state index contributed by atoms with van der Waals surface area (Å²) in [5, 5.41) is 9.51. The largest absolute Gasteiger partial charge is 0.276 e. The minimum Gasteiger partial charge on any atom is -0.276 e. The van der Waals surface area contributed by atoms with Crippen LogP contribution in [0.15, 0.2) is 47.8 Å². The maximum Gasteiger partial charge on any atom is 0.0927 e. The molecule has 0 amide bonds. The van der Waals surface area contributed by atoms with Crippen molar-refractivity contribution in [3.63, 3.8) is 0 Å². The fourth-order valence-electron chi connectivity index (χ4n) is 1.75. The Morgan fingerprint density at radius 2 is 1.94 bits per heavy atom. The Labute approximate surface area is 104 Å². The molecule has 0 radical (unpaired) electrons. The number of nitrogens with one attached hydrogen (secondary N) is 1. The normalized spacial score (nSPS) is 10.6. The second kappa shape index (κ2) is 4.18. The second-order valence-electron chi connectivity index (χ2n) is 4.01. The van der Waals surface area contributed by atoms with E-state index < -0.39 is 0 Å². The van der Waals surface area contributed by atoms with Crippen LogP contribution in [0.2, 0.25) is 0 Å². The molecule has 17 heavy (non-hydrogen) atoms. The number of aryl methyl sites for hydroxylation is 1. The Balaban J connectivity index is 1.98. The van der Waals surface area contributed by atoms with Crippen LogP contribution in [0.3, 0.4) is 0 Å². The van der Waals surface area contributed by atoms with E-state index in [2.05, 4.69) is 58.9 Å². The van der Waals surface area contributed by atoms with Crippen molar-refractivity contribution in [3.8, 4) is 21.8 Å². The number of H-pyrrole nitrogens is 1. The van der Waals surface area contributed by atoms with Gasteiger partial charge in [0.05, 0.1) is 16.3 Å². The molecule has 0 atom stereocenters. The smallest absolute Gasteiger partial charge is 0.0927 e.